The predicted molar refractivity (Wildman–Crippen MR) is 69.3 cm³/mol. The van der Waals surface area contributed by atoms with Crippen molar-refractivity contribution in [3.8, 4) is 0 Å². The molecule has 0 aromatic heterocycles. The summed E-state index contributed by atoms with van der Waals surface area (Å²) in [5.41, 5.74) is 0. The molecule has 1 N–H and O–H groups in total. The molecule has 0 bridgehead atoms. The van der Waals surface area contributed by atoms with Crippen LogP contribution in [0.3, 0.4) is 0 Å². The third-order valence-electron chi connectivity index (χ3n) is 3.47. The van der Waals surface area contributed by atoms with Gasteiger partial charge in [0.1, 0.15) is 0 Å². The van der Waals surface area contributed by atoms with Gasteiger partial charge in [0.05, 0.1) is 5.75 Å². The van der Waals surface area contributed by atoms with E-state index < -0.39 is 10.0 Å². The Bertz CT molecular complexity index is 295. The van der Waals surface area contributed by atoms with E-state index in [1.807, 2.05) is 0 Å². The van der Waals surface area contributed by atoms with Crippen molar-refractivity contribution in [1.29, 1.82) is 0 Å². The fourth-order valence-electron chi connectivity index (χ4n) is 2.41. The molecule has 17 heavy (non-hydrogen) atoms. The van der Waals surface area contributed by atoms with E-state index in [1.54, 1.807) is 4.31 Å². The van der Waals surface area contributed by atoms with E-state index in [2.05, 4.69) is 6.92 Å². The molecule has 1 heterocycles. The van der Waals surface area contributed by atoms with Gasteiger partial charge < -0.3 is 5.11 Å². The number of nitrogens with zero attached hydrogens (tertiary/aromatic N) is 1. The van der Waals surface area contributed by atoms with Crippen molar-refractivity contribution >= 4 is 10.0 Å². The summed E-state index contributed by atoms with van der Waals surface area (Å²) in [4.78, 5) is 0. The second-order valence-electron chi connectivity index (χ2n) is 4.88. The van der Waals surface area contributed by atoms with Gasteiger partial charge in [-0.2, -0.15) is 0 Å². The summed E-state index contributed by atoms with van der Waals surface area (Å²) in [7, 11) is -3.07. The normalized spacial score (nSPS) is 19.6. The highest BCUT2D eigenvalue weighted by Crippen LogP contribution is 2.23. The monoisotopic (exact) mass is 263 g/mol. The molecule has 0 saturated carbocycles. The molecular weight excluding hydrogens is 238 g/mol. The van der Waals surface area contributed by atoms with Crippen molar-refractivity contribution in [1.82, 2.24) is 4.31 Å². The first-order valence-corrected chi connectivity index (χ1v) is 8.29. The summed E-state index contributed by atoms with van der Waals surface area (Å²) < 4.78 is 25.6. The fourth-order valence-corrected chi connectivity index (χ4v) is 4.00. The molecule has 0 unspecified atom stereocenters. The standard InChI is InChI=1S/C12H25NO3S/c1-2-5-12-6-8-13(9-7-12)17(15,16)11-4-3-10-14/h12,14H,2-11H2,1H3. The molecule has 1 saturated heterocycles. The molecule has 0 amide bonds. The Kier molecular flexibility index (Phi) is 6.44. The second kappa shape index (κ2) is 7.34. The van der Waals surface area contributed by atoms with Crippen molar-refractivity contribution < 1.29 is 13.5 Å². The summed E-state index contributed by atoms with van der Waals surface area (Å²) in [5, 5.41) is 8.66. The van der Waals surface area contributed by atoms with Crippen LogP contribution in [-0.4, -0.2) is 43.3 Å². The zero-order valence-corrected chi connectivity index (χ0v) is 11.6. The molecule has 5 heteroatoms. The molecule has 4 nitrogen and oxygen atoms in total. The minimum Gasteiger partial charge on any atom is -0.396 e. The number of hydrogen-bond acceptors (Lipinski definition) is 3. The third kappa shape index (κ3) is 4.94. The van der Waals surface area contributed by atoms with Gasteiger partial charge in [-0.15, -0.1) is 0 Å². The predicted octanol–water partition coefficient (Wildman–Crippen LogP) is 1.60. The van der Waals surface area contributed by atoms with Gasteiger partial charge in [-0.1, -0.05) is 19.8 Å². The largest absolute Gasteiger partial charge is 0.396 e. The molecule has 1 aliphatic heterocycles. The number of hydrogen-bond donors (Lipinski definition) is 1. The molecule has 0 atom stereocenters. The first kappa shape index (κ1) is 14.9. The summed E-state index contributed by atoms with van der Waals surface area (Å²) in [5.74, 6) is 0.898. The highest BCUT2D eigenvalue weighted by molar-refractivity contribution is 7.89. The summed E-state index contributed by atoms with van der Waals surface area (Å²) >= 11 is 0. The molecule has 0 aromatic rings. The fraction of sp³-hybridized carbons (Fsp3) is 1.00. The number of unbranched alkanes of at least 4 members (excludes halogenated alkanes) is 1. The van der Waals surface area contributed by atoms with Crippen LogP contribution in [0.4, 0.5) is 0 Å². The maximum Gasteiger partial charge on any atom is 0.214 e. The van der Waals surface area contributed by atoms with E-state index in [9.17, 15) is 8.42 Å². The summed E-state index contributed by atoms with van der Waals surface area (Å²) in [6.07, 6.45) is 5.56. The van der Waals surface area contributed by atoms with Crippen LogP contribution in [0.5, 0.6) is 0 Å². The van der Waals surface area contributed by atoms with Crippen molar-refractivity contribution in [3.63, 3.8) is 0 Å². The Balaban J connectivity index is 2.36. The van der Waals surface area contributed by atoms with Gasteiger partial charge in [-0.25, -0.2) is 12.7 Å². The van der Waals surface area contributed by atoms with Gasteiger partial charge in [0.2, 0.25) is 10.0 Å². The van der Waals surface area contributed by atoms with Crippen LogP contribution in [0.25, 0.3) is 0 Å². The summed E-state index contributed by atoms with van der Waals surface area (Å²) in [6, 6.07) is 0. The minimum atomic E-state index is -3.07. The van der Waals surface area contributed by atoms with Crippen molar-refractivity contribution in [3.05, 3.63) is 0 Å². The van der Waals surface area contributed by atoms with Gasteiger partial charge in [-0.3, -0.25) is 0 Å². The Morgan fingerprint density at radius 2 is 1.88 bits per heavy atom. The minimum absolute atomic E-state index is 0.0775. The van der Waals surface area contributed by atoms with E-state index in [0.717, 1.165) is 12.8 Å². The maximum atomic E-state index is 12.0. The molecule has 0 spiro atoms. The van der Waals surface area contributed by atoms with Crippen molar-refractivity contribution in [2.24, 2.45) is 5.92 Å². The van der Waals surface area contributed by atoms with Gasteiger partial charge in [0, 0.05) is 19.7 Å². The van der Waals surface area contributed by atoms with E-state index in [4.69, 9.17) is 5.11 Å². The van der Waals surface area contributed by atoms with E-state index in [0.29, 0.717) is 31.8 Å². The maximum absolute atomic E-state index is 12.0. The Hall–Kier alpha value is -0.130. The van der Waals surface area contributed by atoms with Crippen LogP contribution in [-0.2, 0) is 10.0 Å². The summed E-state index contributed by atoms with van der Waals surface area (Å²) in [6.45, 7) is 3.63. The number of aliphatic hydroxyl groups excluding tert-OH is 1. The van der Waals surface area contributed by atoms with E-state index in [-0.39, 0.29) is 12.4 Å². The second-order valence-corrected chi connectivity index (χ2v) is 6.97. The van der Waals surface area contributed by atoms with Crippen LogP contribution < -0.4 is 0 Å². The van der Waals surface area contributed by atoms with E-state index in [1.165, 1.54) is 12.8 Å². The molecule has 0 aromatic carbocycles. The molecule has 102 valence electrons. The molecular formula is C12H25NO3S. The van der Waals surface area contributed by atoms with Crippen LogP contribution >= 0.6 is 0 Å². The lowest BCUT2D eigenvalue weighted by Gasteiger charge is -2.31. The van der Waals surface area contributed by atoms with Gasteiger partial charge in [0.25, 0.3) is 0 Å². The molecule has 0 aliphatic carbocycles. The van der Waals surface area contributed by atoms with E-state index >= 15 is 0 Å². The van der Waals surface area contributed by atoms with Crippen LogP contribution in [0.2, 0.25) is 0 Å². The number of piperidine rings is 1. The number of aliphatic hydroxyl groups is 1. The quantitative estimate of drug-likeness (QED) is 0.710. The highest BCUT2D eigenvalue weighted by atomic mass is 32.2. The molecule has 0 radical (unpaired) electrons. The van der Waals surface area contributed by atoms with Crippen molar-refractivity contribution in [2.75, 3.05) is 25.4 Å². The lowest BCUT2D eigenvalue weighted by atomic mass is 9.94. The zero-order chi connectivity index (χ0) is 12.7. The lowest BCUT2D eigenvalue weighted by molar-refractivity contribution is 0.261. The number of sulfonamides is 1. The topological polar surface area (TPSA) is 57.6 Å². The van der Waals surface area contributed by atoms with Crippen LogP contribution in [0.15, 0.2) is 0 Å². The zero-order valence-electron chi connectivity index (χ0n) is 10.8. The Morgan fingerprint density at radius 3 is 2.41 bits per heavy atom. The first-order valence-electron chi connectivity index (χ1n) is 6.69. The first-order chi connectivity index (χ1) is 8.10. The Morgan fingerprint density at radius 1 is 1.24 bits per heavy atom. The highest BCUT2D eigenvalue weighted by Gasteiger charge is 2.26. The average Bonchev–Trinajstić information content (AvgIpc) is 2.30. The number of rotatable bonds is 7. The molecule has 1 rings (SSSR count). The van der Waals surface area contributed by atoms with Crippen LogP contribution in [0, 0.1) is 5.92 Å². The smallest absolute Gasteiger partial charge is 0.214 e. The molecule has 1 fully saturated rings. The lowest BCUT2D eigenvalue weighted by Crippen LogP contribution is -2.39. The van der Waals surface area contributed by atoms with Gasteiger partial charge >= 0.3 is 0 Å². The third-order valence-corrected chi connectivity index (χ3v) is 5.43. The van der Waals surface area contributed by atoms with Crippen molar-refractivity contribution in [2.45, 2.75) is 45.4 Å². The SMILES string of the molecule is CCCC1CCN(S(=O)(=O)CCCCO)CC1. The molecule has 1 aliphatic rings. The average molecular weight is 263 g/mol. The Labute approximate surface area is 105 Å². The van der Waals surface area contributed by atoms with Gasteiger partial charge in [-0.05, 0) is 31.6 Å². The van der Waals surface area contributed by atoms with Gasteiger partial charge in [0.15, 0.2) is 0 Å². The van der Waals surface area contributed by atoms with Crippen LogP contribution in [0.1, 0.15) is 45.4 Å².